The number of nitrogens with zero attached hydrogens (tertiary/aromatic N) is 2. The highest BCUT2D eigenvalue weighted by Crippen LogP contribution is 2.22. The molecule has 0 spiro atoms. The summed E-state index contributed by atoms with van der Waals surface area (Å²) in [7, 11) is 0. The Morgan fingerprint density at radius 2 is 2.22 bits per heavy atom. The third kappa shape index (κ3) is 3.19. The van der Waals surface area contributed by atoms with Crippen molar-refractivity contribution in [1.29, 1.82) is 0 Å². The summed E-state index contributed by atoms with van der Waals surface area (Å²) < 4.78 is 14.4. The van der Waals surface area contributed by atoms with Gasteiger partial charge in [0.2, 0.25) is 0 Å². The number of hydrogen-bond donors (Lipinski definition) is 1. The summed E-state index contributed by atoms with van der Waals surface area (Å²) in [6, 6.07) is 2.37. The molecule has 1 fully saturated rings. The fourth-order valence-electron chi connectivity index (χ4n) is 2.05. The minimum Gasteiger partial charge on any atom is -0.354 e. The molecule has 1 aliphatic carbocycles. The summed E-state index contributed by atoms with van der Waals surface area (Å²) in [5, 5.41) is 3.34. The molecule has 0 radical (unpaired) electrons. The highest BCUT2D eigenvalue weighted by molar-refractivity contribution is 5.43. The van der Waals surface area contributed by atoms with E-state index >= 15 is 0 Å². The van der Waals surface area contributed by atoms with Gasteiger partial charge in [0.25, 0.3) is 0 Å². The van der Waals surface area contributed by atoms with E-state index in [1.807, 2.05) is 11.8 Å². The van der Waals surface area contributed by atoms with E-state index in [1.54, 1.807) is 12.3 Å². The van der Waals surface area contributed by atoms with Crippen molar-refractivity contribution in [3.63, 3.8) is 0 Å². The molecule has 18 heavy (non-hydrogen) atoms. The van der Waals surface area contributed by atoms with Crippen LogP contribution in [-0.4, -0.2) is 24.1 Å². The molecule has 3 nitrogen and oxygen atoms in total. The molecule has 0 bridgehead atoms. The molecular formula is C14H22FN3. The predicted molar refractivity (Wildman–Crippen MR) is 72.2 cm³/mol. The Bertz CT molecular complexity index is 391. The first-order valence-electron chi connectivity index (χ1n) is 6.88. The van der Waals surface area contributed by atoms with E-state index in [2.05, 4.69) is 17.2 Å². The second kappa shape index (κ2) is 6.14. The fourth-order valence-corrected chi connectivity index (χ4v) is 2.05. The summed E-state index contributed by atoms with van der Waals surface area (Å²) in [5.74, 6) is 0.329. The molecule has 1 heterocycles. The molecule has 4 heteroatoms. The highest BCUT2D eigenvalue weighted by atomic mass is 19.1. The van der Waals surface area contributed by atoms with Gasteiger partial charge in [0.1, 0.15) is 0 Å². The molecule has 0 atom stereocenters. The van der Waals surface area contributed by atoms with Gasteiger partial charge in [-0.2, -0.15) is 0 Å². The Morgan fingerprint density at radius 1 is 1.44 bits per heavy atom. The lowest BCUT2D eigenvalue weighted by Gasteiger charge is -2.22. The maximum absolute atomic E-state index is 14.4. The highest BCUT2D eigenvalue weighted by Gasteiger charge is 2.21. The van der Waals surface area contributed by atoms with Gasteiger partial charge < -0.3 is 10.2 Å². The zero-order chi connectivity index (χ0) is 13.0. The second-order valence-corrected chi connectivity index (χ2v) is 4.84. The average molecular weight is 251 g/mol. The van der Waals surface area contributed by atoms with Gasteiger partial charge in [-0.3, -0.25) is 0 Å². The van der Waals surface area contributed by atoms with Crippen LogP contribution < -0.4 is 10.2 Å². The zero-order valence-corrected chi connectivity index (χ0v) is 11.2. The second-order valence-electron chi connectivity index (χ2n) is 4.84. The number of hydrogen-bond acceptors (Lipinski definition) is 3. The third-order valence-corrected chi connectivity index (χ3v) is 3.28. The maximum Gasteiger partial charge on any atom is 0.170 e. The van der Waals surface area contributed by atoms with Gasteiger partial charge in [0, 0.05) is 37.4 Å². The molecule has 0 aromatic carbocycles. The van der Waals surface area contributed by atoms with Crippen LogP contribution in [0, 0.1) is 5.82 Å². The Hall–Kier alpha value is -1.16. The largest absolute Gasteiger partial charge is 0.354 e. The van der Waals surface area contributed by atoms with Crippen molar-refractivity contribution in [2.24, 2.45) is 0 Å². The molecule has 0 saturated heterocycles. The van der Waals surface area contributed by atoms with E-state index in [1.165, 1.54) is 12.8 Å². The zero-order valence-electron chi connectivity index (χ0n) is 11.2. The smallest absolute Gasteiger partial charge is 0.170 e. The van der Waals surface area contributed by atoms with Crippen LogP contribution >= 0.6 is 0 Å². The van der Waals surface area contributed by atoms with Crippen LogP contribution in [0.4, 0.5) is 10.2 Å². The van der Waals surface area contributed by atoms with Gasteiger partial charge in [0.15, 0.2) is 11.6 Å². The first-order valence-corrected chi connectivity index (χ1v) is 6.88. The van der Waals surface area contributed by atoms with Gasteiger partial charge in [-0.25, -0.2) is 9.37 Å². The van der Waals surface area contributed by atoms with Gasteiger partial charge >= 0.3 is 0 Å². The molecule has 1 aromatic rings. The summed E-state index contributed by atoms with van der Waals surface area (Å²) >= 11 is 0. The molecule has 1 N–H and O–H groups in total. The van der Waals surface area contributed by atoms with Crippen molar-refractivity contribution in [3.05, 3.63) is 23.6 Å². The Morgan fingerprint density at radius 3 is 2.83 bits per heavy atom. The van der Waals surface area contributed by atoms with E-state index in [0.29, 0.717) is 18.4 Å². The summed E-state index contributed by atoms with van der Waals surface area (Å²) in [6.45, 7) is 6.37. The lowest BCUT2D eigenvalue weighted by Crippen LogP contribution is -2.26. The number of pyridine rings is 1. The van der Waals surface area contributed by atoms with Gasteiger partial charge in [-0.1, -0.05) is 6.92 Å². The average Bonchev–Trinajstić information content (AvgIpc) is 3.19. The van der Waals surface area contributed by atoms with Crippen LogP contribution in [0.3, 0.4) is 0 Å². The minimum atomic E-state index is -0.166. The van der Waals surface area contributed by atoms with E-state index in [-0.39, 0.29) is 5.82 Å². The van der Waals surface area contributed by atoms with Crippen molar-refractivity contribution in [2.75, 3.05) is 18.0 Å². The standard InChI is InChI=1S/C14H22FN3/c1-3-9-18(4-2)14-13(15)11(7-8-16-14)10-17-12-5-6-12/h7-8,12,17H,3-6,9-10H2,1-2H3. The van der Waals surface area contributed by atoms with Crippen molar-refractivity contribution < 1.29 is 4.39 Å². The van der Waals surface area contributed by atoms with Crippen molar-refractivity contribution in [3.8, 4) is 0 Å². The molecular weight excluding hydrogens is 229 g/mol. The molecule has 0 aliphatic heterocycles. The molecule has 0 amide bonds. The van der Waals surface area contributed by atoms with Crippen molar-refractivity contribution in [1.82, 2.24) is 10.3 Å². The van der Waals surface area contributed by atoms with Crippen LogP contribution in [0.15, 0.2) is 12.3 Å². The lowest BCUT2D eigenvalue weighted by atomic mass is 10.2. The summed E-state index contributed by atoms with van der Waals surface area (Å²) in [4.78, 5) is 6.19. The first-order chi connectivity index (χ1) is 8.76. The Labute approximate surface area is 108 Å². The van der Waals surface area contributed by atoms with Crippen LogP contribution in [0.1, 0.15) is 38.7 Å². The monoisotopic (exact) mass is 251 g/mol. The van der Waals surface area contributed by atoms with Crippen LogP contribution in [0.25, 0.3) is 0 Å². The van der Waals surface area contributed by atoms with Gasteiger partial charge in [-0.05, 0) is 32.3 Å². The molecule has 1 aliphatic rings. The van der Waals surface area contributed by atoms with Crippen LogP contribution in [-0.2, 0) is 6.54 Å². The minimum absolute atomic E-state index is 0.166. The Kier molecular flexibility index (Phi) is 4.53. The maximum atomic E-state index is 14.4. The van der Waals surface area contributed by atoms with E-state index in [0.717, 1.165) is 25.1 Å². The summed E-state index contributed by atoms with van der Waals surface area (Å²) in [5.41, 5.74) is 0.724. The number of rotatable bonds is 7. The van der Waals surface area contributed by atoms with Crippen molar-refractivity contribution in [2.45, 2.75) is 45.7 Å². The molecule has 2 rings (SSSR count). The topological polar surface area (TPSA) is 28.2 Å². The van der Waals surface area contributed by atoms with Crippen LogP contribution in [0.2, 0.25) is 0 Å². The molecule has 1 saturated carbocycles. The molecule has 1 aromatic heterocycles. The third-order valence-electron chi connectivity index (χ3n) is 3.28. The SMILES string of the molecule is CCCN(CC)c1nccc(CNC2CC2)c1F. The van der Waals surface area contributed by atoms with E-state index in [9.17, 15) is 4.39 Å². The van der Waals surface area contributed by atoms with Crippen LogP contribution in [0.5, 0.6) is 0 Å². The number of halogens is 1. The Balaban J connectivity index is 2.11. The molecule has 0 unspecified atom stereocenters. The van der Waals surface area contributed by atoms with Crippen molar-refractivity contribution >= 4 is 5.82 Å². The first kappa shape index (κ1) is 13.3. The lowest BCUT2D eigenvalue weighted by molar-refractivity contribution is 0.574. The number of anilines is 1. The molecule has 100 valence electrons. The summed E-state index contributed by atoms with van der Waals surface area (Å²) in [6.07, 6.45) is 5.15. The quantitative estimate of drug-likeness (QED) is 0.807. The number of aromatic nitrogens is 1. The normalized spacial score (nSPS) is 14.8. The van der Waals surface area contributed by atoms with Gasteiger partial charge in [0.05, 0.1) is 0 Å². The predicted octanol–water partition coefficient (Wildman–Crippen LogP) is 2.71. The number of nitrogens with one attached hydrogen (secondary N) is 1. The fraction of sp³-hybridized carbons (Fsp3) is 0.643. The van der Waals surface area contributed by atoms with E-state index < -0.39 is 0 Å². The van der Waals surface area contributed by atoms with E-state index in [4.69, 9.17) is 0 Å². The van der Waals surface area contributed by atoms with Gasteiger partial charge in [-0.15, -0.1) is 0 Å².